The summed E-state index contributed by atoms with van der Waals surface area (Å²) in [5, 5.41) is 0. The van der Waals surface area contributed by atoms with E-state index in [-0.39, 0.29) is 17.8 Å². The van der Waals surface area contributed by atoms with E-state index in [2.05, 4.69) is 25.8 Å². The normalized spacial score (nSPS) is 11.4. The molecule has 5 heteroatoms. The lowest BCUT2D eigenvalue weighted by molar-refractivity contribution is -0.148. The van der Waals surface area contributed by atoms with Crippen molar-refractivity contribution in [3.05, 3.63) is 24.3 Å². The molecule has 15 heavy (non-hydrogen) atoms. The average Bonchev–Trinajstić information content (AvgIpc) is 2.13. The SMILES string of the molecule is C=C(C)C(=O)OCC(S)OC(=O)C(=C)C. The summed E-state index contributed by atoms with van der Waals surface area (Å²) in [7, 11) is 0. The number of ether oxygens (including phenoxy) is 2. The van der Waals surface area contributed by atoms with Crippen LogP contribution in [0.2, 0.25) is 0 Å². The van der Waals surface area contributed by atoms with E-state index in [1.165, 1.54) is 13.8 Å². The highest BCUT2D eigenvalue weighted by Crippen LogP contribution is 2.04. The van der Waals surface area contributed by atoms with Gasteiger partial charge in [-0.1, -0.05) is 13.2 Å². The molecular weight excluding hydrogens is 216 g/mol. The van der Waals surface area contributed by atoms with Gasteiger partial charge in [0.25, 0.3) is 0 Å². The number of carbonyl (C=O) groups is 2. The molecule has 0 aromatic rings. The summed E-state index contributed by atoms with van der Waals surface area (Å²) < 4.78 is 9.48. The van der Waals surface area contributed by atoms with Crippen molar-refractivity contribution in [2.75, 3.05) is 6.61 Å². The molecule has 1 atom stereocenters. The molecule has 0 aromatic heterocycles. The van der Waals surface area contributed by atoms with E-state index in [0.717, 1.165) is 0 Å². The Kier molecular flexibility index (Phi) is 5.77. The van der Waals surface area contributed by atoms with E-state index in [0.29, 0.717) is 0 Å². The molecule has 4 nitrogen and oxygen atoms in total. The number of hydrogen-bond donors (Lipinski definition) is 1. The van der Waals surface area contributed by atoms with E-state index in [1.54, 1.807) is 0 Å². The fourth-order valence-electron chi connectivity index (χ4n) is 0.528. The molecule has 0 heterocycles. The lowest BCUT2D eigenvalue weighted by Crippen LogP contribution is -2.21. The predicted octanol–water partition coefficient (Wildman–Crippen LogP) is 1.48. The van der Waals surface area contributed by atoms with Crippen LogP contribution in [0.5, 0.6) is 0 Å². The second-order valence-electron chi connectivity index (χ2n) is 3.02. The van der Waals surface area contributed by atoms with Gasteiger partial charge in [0.2, 0.25) is 0 Å². The van der Waals surface area contributed by atoms with Gasteiger partial charge in [0.15, 0.2) is 5.44 Å². The summed E-state index contributed by atoms with van der Waals surface area (Å²) in [5.74, 6) is -1.11. The molecule has 84 valence electrons. The fourth-order valence-corrected chi connectivity index (χ4v) is 0.699. The van der Waals surface area contributed by atoms with Crippen molar-refractivity contribution in [1.82, 2.24) is 0 Å². The van der Waals surface area contributed by atoms with Crippen molar-refractivity contribution in [3.63, 3.8) is 0 Å². The Hall–Kier alpha value is -1.23. The molecule has 0 radical (unpaired) electrons. The lowest BCUT2D eigenvalue weighted by atomic mass is 10.4. The van der Waals surface area contributed by atoms with Gasteiger partial charge >= 0.3 is 11.9 Å². The molecule has 0 N–H and O–H groups in total. The number of rotatable bonds is 5. The maximum Gasteiger partial charge on any atom is 0.334 e. The van der Waals surface area contributed by atoms with Crippen LogP contribution in [0.1, 0.15) is 13.8 Å². The summed E-state index contributed by atoms with van der Waals surface area (Å²) in [6.45, 7) is 9.72. The first-order chi connectivity index (χ1) is 6.84. The van der Waals surface area contributed by atoms with Gasteiger partial charge in [0, 0.05) is 11.1 Å². The van der Waals surface area contributed by atoms with Crippen molar-refractivity contribution in [2.24, 2.45) is 0 Å². The summed E-state index contributed by atoms with van der Waals surface area (Å²) in [6.07, 6.45) is 0. The molecule has 0 fully saturated rings. The monoisotopic (exact) mass is 230 g/mol. The molecule has 0 aliphatic rings. The van der Waals surface area contributed by atoms with Crippen LogP contribution in [0.4, 0.5) is 0 Å². The minimum atomic E-state index is -0.794. The molecule has 0 spiro atoms. The molecule has 0 saturated carbocycles. The van der Waals surface area contributed by atoms with Gasteiger partial charge in [-0.05, 0) is 13.8 Å². The third-order valence-corrected chi connectivity index (χ3v) is 1.55. The Labute approximate surface area is 94.3 Å². The van der Waals surface area contributed by atoms with Crippen LogP contribution in [0.25, 0.3) is 0 Å². The van der Waals surface area contributed by atoms with Crippen LogP contribution in [0, 0.1) is 0 Å². The molecule has 0 aliphatic carbocycles. The minimum Gasteiger partial charge on any atom is -0.457 e. The van der Waals surface area contributed by atoms with Gasteiger partial charge in [-0.3, -0.25) is 0 Å². The van der Waals surface area contributed by atoms with E-state index in [9.17, 15) is 9.59 Å². The molecule has 0 rings (SSSR count). The first-order valence-electron chi connectivity index (χ1n) is 4.21. The molecular formula is C10H14O4S. The summed E-state index contributed by atoms with van der Waals surface area (Å²) in [5.41, 5.74) is -0.250. The second kappa shape index (κ2) is 6.29. The molecule has 0 saturated heterocycles. The Bertz CT molecular complexity index is 296. The topological polar surface area (TPSA) is 52.6 Å². The number of thiol groups is 1. The zero-order chi connectivity index (χ0) is 12.0. The van der Waals surface area contributed by atoms with Crippen molar-refractivity contribution < 1.29 is 19.1 Å². The van der Waals surface area contributed by atoms with Crippen molar-refractivity contribution >= 4 is 24.6 Å². The Balaban J connectivity index is 3.90. The van der Waals surface area contributed by atoms with Gasteiger partial charge in [-0.2, -0.15) is 0 Å². The standard InChI is InChI=1S/C10H14O4S/c1-6(2)9(11)13-5-8(15)14-10(12)7(3)4/h8,15H,1,3,5H2,2,4H3. The van der Waals surface area contributed by atoms with Crippen LogP contribution in [-0.2, 0) is 19.1 Å². The van der Waals surface area contributed by atoms with Gasteiger partial charge in [0.05, 0.1) is 0 Å². The van der Waals surface area contributed by atoms with E-state index in [4.69, 9.17) is 9.47 Å². The van der Waals surface area contributed by atoms with Crippen LogP contribution in [0.15, 0.2) is 24.3 Å². The highest BCUT2D eigenvalue weighted by atomic mass is 32.1. The van der Waals surface area contributed by atoms with Crippen LogP contribution < -0.4 is 0 Å². The highest BCUT2D eigenvalue weighted by Gasteiger charge is 2.13. The minimum absolute atomic E-state index is 0.117. The Morgan fingerprint density at radius 3 is 2.07 bits per heavy atom. The average molecular weight is 230 g/mol. The zero-order valence-corrected chi connectivity index (χ0v) is 9.67. The van der Waals surface area contributed by atoms with Gasteiger partial charge in [-0.15, -0.1) is 12.6 Å². The number of hydrogen-bond acceptors (Lipinski definition) is 5. The van der Waals surface area contributed by atoms with Crippen LogP contribution in [0.3, 0.4) is 0 Å². The number of esters is 2. The second-order valence-corrected chi connectivity index (χ2v) is 3.60. The van der Waals surface area contributed by atoms with E-state index in [1.807, 2.05) is 0 Å². The Morgan fingerprint density at radius 1 is 1.20 bits per heavy atom. The quantitative estimate of drug-likeness (QED) is 0.336. The summed E-state index contributed by atoms with van der Waals surface area (Å²) >= 11 is 3.92. The highest BCUT2D eigenvalue weighted by molar-refractivity contribution is 7.80. The summed E-state index contributed by atoms with van der Waals surface area (Å²) in [4.78, 5) is 22.0. The summed E-state index contributed by atoms with van der Waals surface area (Å²) in [6, 6.07) is 0. The molecule has 1 unspecified atom stereocenters. The van der Waals surface area contributed by atoms with Crippen molar-refractivity contribution in [2.45, 2.75) is 19.3 Å². The fraction of sp³-hybridized carbons (Fsp3) is 0.400. The van der Waals surface area contributed by atoms with E-state index < -0.39 is 17.4 Å². The van der Waals surface area contributed by atoms with Gasteiger partial charge in [-0.25, -0.2) is 9.59 Å². The van der Waals surface area contributed by atoms with Gasteiger partial charge < -0.3 is 9.47 Å². The largest absolute Gasteiger partial charge is 0.457 e. The van der Waals surface area contributed by atoms with Crippen molar-refractivity contribution in [1.29, 1.82) is 0 Å². The zero-order valence-electron chi connectivity index (χ0n) is 8.78. The van der Waals surface area contributed by atoms with E-state index >= 15 is 0 Å². The van der Waals surface area contributed by atoms with Crippen LogP contribution in [-0.4, -0.2) is 24.0 Å². The first kappa shape index (κ1) is 13.8. The third-order valence-electron chi connectivity index (χ3n) is 1.30. The third kappa shape index (κ3) is 5.96. The first-order valence-corrected chi connectivity index (χ1v) is 4.73. The van der Waals surface area contributed by atoms with Gasteiger partial charge in [0.1, 0.15) is 6.61 Å². The maximum atomic E-state index is 11.0. The molecule has 0 aromatic carbocycles. The Morgan fingerprint density at radius 2 is 1.67 bits per heavy atom. The molecule has 0 amide bonds. The maximum absolute atomic E-state index is 11.0. The predicted molar refractivity (Wildman–Crippen MR) is 59.5 cm³/mol. The lowest BCUT2D eigenvalue weighted by Gasteiger charge is -2.12. The number of carbonyl (C=O) groups excluding carboxylic acids is 2. The van der Waals surface area contributed by atoms with Crippen LogP contribution >= 0.6 is 12.6 Å². The smallest absolute Gasteiger partial charge is 0.334 e. The molecule has 0 bridgehead atoms. The molecule has 0 aliphatic heterocycles. The van der Waals surface area contributed by atoms with Crippen molar-refractivity contribution in [3.8, 4) is 0 Å².